The summed E-state index contributed by atoms with van der Waals surface area (Å²) in [6, 6.07) is 0. The summed E-state index contributed by atoms with van der Waals surface area (Å²) >= 11 is 0. The molecule has 0 saturated heterocycles. The van der Waals surface area contributed by atoms with Crippen LogP contribution in [0.4, 0.5) is 0 Å². The summed E-state index contributed by atoms with van der Waals surface area (Å²) < 4.78 is 5.14. The van der Waals surface area contributed by atoms with Crippen LogP contribution in [0.15, 0.2) is 36.0 Å². The van der Waals surface area contributed by atoms with Gasteiger partial charge in [0.2, 0.25) is 0 Å². The van der Waals surface area contributed by atoms with Crippen LogP contribution in [-0.2, 0) is 9.53 Å². The van der Waals surface area contributed by atoms with Crippen molar-refractivity contribution in [3.63, 3.8) is 0 Å². The Hall–Kier alpha value is -1.31. The van der Waals surface area contributed by atoms with E-state index in [-0.39, 0.29) is 5.97 Å². The van der Waals surface area contributed by atoms with Crippen LogP contribution in [0.5, 0.6) is 0 Å². The van der Waals surface area contributed by atoms with Crippen LogP contribution in [0.2, 0.25) is 0 Å². The number of hydrogen-bond acceptors (Lipinski definition) is 2. The maximum Gasteiger partial charge on any atom is 0.303 e. The van der Waals surface area contributed by atoms with E-state index in [1.165, 1.54) is 12.5 Å². The molecule has 0 heterocycles. The van der Waals surface area contributed by atoms with Crippen LogP contribution in [0.25, 0.3) is 0 Å². The summed E-state index contributed by atoms with van der Waals surface area (Å²) in [5.74, 6) is -0.313. The average molecular weight is 208 g/mol. The topological polar surface area (TPSA) is 26.3 Å². The molecule has 0 aliphatic heterocycles. The normalized spacial score (nSPS) is 13.2. The minimum Gasteiger partial charge on any atom is -0.453 e. The van der Waals surface area contributed by atoms with Crippen LogP contribution in [0, 0.1) is 0 Å². The zero-order valence-corrected chi connectivity index (χ0v) is 10.1. The fourth-order valence-electron chi connectivity index (χ4n) is 1.15. The number of ether oxygens (including phenoxy) is 1. The Morgan fingerprint density at radius 2 is 1.87 bits per heavy atom. The first-order valence-corrected chi connectivity index (χ1v) is 5.07. The first-order chi connectivity index (χ1) is 6.88. The van der Waals surface area contributed by atoms with E-state index in [4.69, 9.17) is 4.74 Å². The van der Waals surface area contributed by atoms with Crippen LogP contribution >= 0.6 is 0 Å². The van der Waals surface area contributed by atoms with Gasteiger partial charge in [-0.25, -0.2) is 0 Å². The Kier molecular flexibility index (Phi) is 5.68. The second-order valence-electron chi connectivity index (χ2n) is 3.75. The average Bonchev–Trinajstić information content (AvgIpc) is 2.12. The quantitative estimate of drug-likeness (QED) is 0.393. The van der Waals surface area contributed by atoms with E-state index in [0.29, 0.717) is 0 Å². The van der Waals surface area contributed by atoms with E-state index in [0.717, 1.165) is 17.6 Å². The molecule has 0 saturated carbocycles. The van der Waals surface area contributed by atoms with Crippen molar-refractivity contribution in [3.05, 3.63) is 36.0 Å². The largest absolute Gasteiger partial charge is 0.453 e. The molecule has 0 N–H and O–H groups in total. The maximum absolute atomic E-state index is 10.9. The Morgan fingerprint density at radius 3 is 2.20 bits per heavy atom. The van der Waals surface area contributed by atoms with Gasteiger partial charge >= 0.3 is 5.97 Å². The highest BCUT2D eigenvalue weighted by atomic mass is 16.5. The van der Waals surface area contributed by atoms with Gasteiger partial charge in [0, 0.05) is 6.92 Å². The lowest BCUT2D eigenvalue weighted by molar-refractivity contribution is -0.143. The van der Waals surface area contributed by atoms with Crippen molar-refractivity contribution in [3.8, 4) is 0 Å². The minimum absolute atomic E-state index is 0.313. The molecule has 0 spiro atoms. The Labute approximate surface area is 92.3 Å². The minimum atomic E-state index is -0.399. The van der Waals surface area contributed by atoms with Gasteiger partial charge in [0.1, 0.15) is 6.10 Å². The molecule has 0 aromatic carbocycles. The zero-order chi connectivity index (χ0) is 12.0. The highest BCUT2D eigenvalue weighted by Gasteiger charge is 2.14. The predicted molar refractivity (Wildman–Crippen MR) is 63.6 cm³/mol. The number of carbonyl (C=O) groups excluding carboxylic acids is 1. The van der Waals surface area contributed by atoms with Gasteiger partial charge in [-0.15, -0.1) is 0 Å². The molecule has 0 aromatic rings. The molecule has 0 aliphatic carbocycles. The molecule has 0 radical (unpaired) electrons. The van der Waals surface area contributed by atoms with Crippen LogP contribution < -0.4 is 0 Å². The summed E-state index contributed by atoms with van der Waals surface area (Å²) in [5.41, 5.74) is 2.77. The molecule has 2 heteroatoms. The van der Waals surface area contributed by atoms with Gasteiger partial charge in [-0.05, 0) is 31.4 Å². The highest BCUT2D eigenvalue weighted by molar-refractivity contribution is 5.67. The molecule has 0 amide bonds. The number of esters is 1. The molecule has 0 aliphatic rings. The summed E-state index contributed by atoms with van der Waals surface area (Å²) in [6.45, 7) is 15.0. The van der Waals surface area contributed by atoms with Crippen molar-refractivity contribution in [1.82, 2.24) is 0 Å². The third-order valence-corrected chi connectivity index (χ3v) is 2.06. The Morgan fingerprint density at radius 1 is 1.33 bits per heavy atom. The monoisotopic (exact) mass is 208 g/mol. The Balaban J connectivity index is 4.71. The van der Waals surface area contributed by atoms with Crippen molar-refractivity contribution < 1.29 is 9.53 Å². The number of hydrogen-bond donors (Lipinski definition) is 0. The van der Waals surface area contributed by atoms with Gasteiger partial charge in [0.05, 0.1) is 0 Å². The zero-order valence-electron chi connectivity index (χ0n) is 10.1. The number of rotatable bonds is 5. The standard InChI is InChI=1S/C13H20O2/c1-7-10(4)8-11(5)13(9(2)3)15-12(6)14/h8,13H,2,5,7H2,1,3-4,6H3/b10-8-. The number of carbonyl (C=O) groups is 1. The molecule has 84 valence electrons. The van der Waals surface area contributed by atoms with E-state index in [9.17, 15) is 4.79 Å². The third kappa shape index (κ3) is 5.21. The van der Waals surface area contributed by atoms with E-state index in [1.54, 1.807) is 0 Å². The molecule has 2 nitrogen and oxygen atoms in total. The second-order valence-corrected chi connectivity index (χ2v) is 3.75. The van der Waals surface area contributed by atoms with Gasteiger partial charge in [0.15, 0.2) is 0 Å². The lowest BCUT2D eigenvalue weighted by atomic mass is 10.0. The first kappa shape index (κ1) is 13.7. The van der Waals surface area contributed by atoms with E-state index in [1.807, 2.05) is 19.9 Å². The van der Waals surface area contributed by atoms with Crippen LogP contribution in [0.1, 0.15) is 34.1 Å². The Bertz CT molecular complexity index is 298. The van der Waals surface area contributed by atoms with Gasteiger partial charge in [-0.1, -0.05) is 31.7 Å². The van der Waals surface area contributed by atoms with Gasteiger partial charge in [0.25, 0.3) is 0 Å². The van der Waals surface area contributed by atoms with Crippen molar-refractivity contribution >= 4 is 5.97 Å². The van der Waals surface area contributed by atoms with Crippen LogP contribution in [-0.4, -0.2) is 12.1 Å². The van der Waals surface area contributed by atoms with Gasteiger partial charge in [-0.3, -0.25) is 4.79 Å². The van der Waals surface area contributed by atoms with Crippen molar-refractivity contribution in [2.75, 3.05) is 0 Å². The summed E-state index contributed by atoms with van der Waals surface area (Å²) in [7, 11) is 0. The number of allylic oxidation sites excluding steroid dienone is 1. The summed E-state index contributed by atoms with van der Waals surface area (Å²) in [6.07, 6.45) is 2.51. The molecule has 1 atom stereocenters. The molecule has 0 rings (SSSR count). The molecule has 0 fully saturated rings. The fourth-order valence-corrected chi connectivity index (χ4v) is 1.15. The fraction of sp³-hybridized carbons (Fsp3) is 0.462. The molecular formula is C13H20O2. The highest BCUT2D eigenvalue weighted by Crippen LogP contribution is 2.17. The third-order valence-electron chi connectivity index (χ3n) is 2.06. The van der Waals surface area contributed by atoms with Gasteiger partial charge in [-0.2, -0.15) is 0 Å². The molecule has 0 aromatic heterocycles. The molecular weight excluding hydrogens is 188 g/mol. The summed E-state index contributed by atoms with van der Waals surface area (Å²) in [5, 5.41) is 0. The smallest absolute Gasteiger partial charge is 0.303 e. The molecule has 1 unspecified atom stereocenters. The van der Waals surface area contributed by atoms with E-state index in [2.05, 4.69) is 20.1 Å². The van der Waals surface area contributed by atoms with E-state index < -0.39 is 6.10 Å². The van der Waals surface area contributed by atoms with E-state index >= 15 is 0 Å². The second kappa shape index (κ2) is 6.23. The maximum atomic E-state index is 10.9. The predicted octanol–water partition coefficient (Wildman–Crippen LogP) is 3.41. The van der Waals surface area contributed by atoms with Crippen LogP contribution in [0.3, 0.4) is 0 Å². The lowest BCUT2D eigenvalue weighted by Gasteiger charge is -2.18. The van der Waals surface area contributed by atoms with Crippen molar-refractivity contribution in [2.24, 2.45) is 0 Å². The molecule has 15 heavy (non-hydrogen) atoms. The summed E-state index contributed by atoms with van der Waals surface area (Å²) in [4.78, 5) is 10.9. The first-order valence-electron chi connectivity index (χ1n) is 5.07. The van der Waals surface area contributed by atoms with Crippen molar-refractivity contribution in [1.29, 1.82) is 0 Å². The van der Waals surface area contributed by atoms with Gasteiger partial charge < -0.3 is 4.74 Å². The van der Waals surface area contributed by atoms with Crippen molar-refractivity contribution in [2.45, 2.75) is 40.2 Å². The SMILES string of the molecule is C=C(C)C(OC(C)=O)C(=C)/C=C(/C)CC. The molecule has 0 bridgehead atoms. The lowest BCUT2D eigenvalue weighted by Crippen LogP contribution is -2.18.